The van der Waals surface area contributed by atoms with Gasteiger partial charge >= 0.3 is 0 Å². The lowest BCUT2D eigenvalue weighted by Crippen LogP contribution is -2.45. The summed E-state index contributed by atoms with van der Waals surface area (Å²) in [5.41, 5.74) is 3.04. The van der Waals surface area contributed by atoms with Crippen LogP contribution in [-0.4, -0.2) is 38.3 Å². The summed E-state index contributed by atoms with van der Waals surface area (Å²) in [5, 5.41) is 0. The van der Waals surface area contributed by atoms with Crippen LogP contribution in [0.25, 0.3) is 0 Å². The van der Waals surface area contributed by atoms with Crippen LogP contribution < -0.4 is 4.90 Å². The van der Waals surface area contributed by atoms with Gasteiger partial charge in [-0.1, -0.05) is 42.8 Å². The minimum absolute atomic E-state index is 0.140. The Labute approximate surface area is 161 Å². The highest BCUT2D eigenvalue weighted by Crippen LogP contribution is 2.27. The highest BCUT2D eigenvalue weighted by Gasteiger charge is 2.29. The molecule has 1 aliphatic heterocycles. The molecule has 144 valence electrons. The zero-order chi connectivity index (χ0) is 19.4. The molecule has 5 nitrogen and oxygen atoms in total. The number of hydrogen-bond acceptors (Lipinski definition) is 3. The fourth-order valence-electron chi connectivity index (χ4n) is 3.42. The number of para-hydroxylation sites is 1. The van der Waals surface area contributed by atoms with Crippen LogP contribution in [0.1, 0.15) is 30.9 Å². The number of carbonyl (C=O) groups is 1. The summed E-state index contributed by atoms with van der Waals surface area (Å²) in [6, 6.07) is 14.6. The third kappa shape index (κ3) is 4.22. The van der Waals surface area contributed by atoms with E-state index < -0.39 is 10.0 Å². The van der Waals surface area contributed by atoms with Crippen LogP contribution in [0.4, 0.5) is 5.69 Å². The average molecular weight is 387 g/mol. The van der Waals surface area contributed by atoms with Crippen LogP contribution in [0.5, 0.6) is 0 Å². The van der Waals surface area contributed by atoms with E-state index in [1.165, 1.54) is 4.31 Å². The van der Waals surface area contributed by atoms with Gasteiger partial charge in [0.2, 0.25) is 15.9 Å². The summed E-state index contributed by atoms with van der Waals surface area (Å²) in [5.74, 6) is -0.175. The predicted molar refractivity (Wildman–Crippen MR) is 107 cm³/mol. The van der Waals surface area contributed by atoms with Gasteiger partial charge in [-0.15, -0.1) is 0 Å². The van der Waals surface area contributed by atoms with Crippen molar-refractivity contribution >= 4 is 21.6 Å². The lowest BCUT2D eigenvalue weighted by molar-refractivity contribution is -0.118. The molecule has 0 spiro atoms. The number of benzene rings is 2. The Kier molecular flexibility index (Phi) is 5.97. The number of hydrogen-bond donors (Lipinski definition) is 0. The number of sulfonamides is 1. The van der Waals surface area contributed by atoms with Crippen molar-refractivity contribution in [1.82, 2.24) is 4.31 Å². The fraction of sp³-hybridized carbons (Fsp3) is 0.381. The molecule has 2 aromatic rings. The second kappa shape index (κ2) is 8.23. The second-order valence-electron chi connectivity index (χ2n) is 6.93. The second-order valence-corrected chi connectivity index (χ2v) is 8.87. The molecule has 1 heterocycles. The zero-order valence-electron chi connectivity index (χ0n) is 15.9. The van der Waals surface area contributed by atoms with Crippen molar-refractivity contribution in [2.75, 3.05) is 24.5 Å². The smallest absolute Gasteiger partial charge is 0.243 e. The molecule has 0 saturated carbocycles. The number of aryl methyl sites for hydroxylation is 2. The van der Waals surface area contributed by atoms with Crippen molar-refractivity contribution in [2.45, 2.75) is 38.0 Å². The highest BCUT2D eigenvalue weighted by molar-refractivity contribution is 7.89. The van der Waals surface area contributed by atoms with Crippen molar-refractivity contribution in [3.05, 3.63) is 59.7 Å². The number of amides is 1. The maximum atomic E-state index is 13.1. The molecule has 0 atom stereocenters. The average Bonchev–Trinajstić information content (AvgIpc) is 2.67. The first kappa shape index (κ1) is 19.6. The maximum absolute atomic E-state index is 13.1. The number of nitrogens with zero attached hydrogens (tertiary/aromatic N) is 2. The van der Waals surface area contributed by atoms with Gasteiger partial charge in [0.25, 0.3) is 0 Å². The third-order valence-corrected chi connectivity index (χ3v) is 6.71. The molecule has 1 amide bonds. The van der Waals surface area contributed by atoms with Crippen LogP contribution in [0.15, 0.2) is 53.4 Å². The van der Waals surface area contributed by atoms with Crippen LogP contribution in [0.3, 0.4) is 0 Å². The minimum atomic E-state index is -3.71. The van der Waals surface area contributed by atoms with E-state index in [9.17, 15) is 13.2 Å². The van der Waals surface area contributed by atoms with Crippen molar-refractivity contribution < 1.29 is 13.2 Å². The minimum Gasteiger partial charge on any atom is -0.311 e. The van der Waals surface area contributed by atoms with E-state index in [0.717, 1.165) is 29.7 Å². The van der Waals surface area contributed by atoms with Gasteiger partial charge in [0.15, 0.2) is 0 Å². The van der Waals surface area contributed by atoms with E-state index in [1.807, 2.05) is 38.1 Å². The summed E-state index contributed by atoms with van der Waals surface area (Å²) in [6.07, 6.45) is 2.48. The Morgan fingerprint density at radius 2 is 1.81 bits per heavy atom. The van der Waals surface area contributed by atoms with Crippen molar-refractivity contribution in [1.29, 1.82) is 0 Å². The molecule has 1 aliphatic rings. The lowest BCUT2D eigenvalue weighted by atomic mass is 10.0. The van der Waals surface area contributed by atoms with E-state index in [1.54, 1.807) is 29.2 Å². The number of anilines is 1. The summed E-state index contributed by atoms with van der Waals surface area (Å²) in [6.45, 7) is 4.63. The SMILES string of the molecule is CCCN(CC(=O)N1CCCc2ccccc21)S(=O)(=O)c1ccc(C)cc1. The van der Waals surface area contributed by atoms with Gasteiger partial charge in [-0.05, 0) is 49.9 Å². The number of fused-ring (bicyclic) bond motifs is 1. The van der Waals surface area contributed by atoms with Crippen LogP contribution in [0, 0.1) is 6.92 Å². The number of carbonyl (C=O) groups excluding carboxylic acids is 1. The van der Waals surface area contributed by atoms with Crippen LogP contribution in [0.2, 0.25) is 0 Å². The molecule has 0 unspecified atom stereocenters. The van der Waals surface area contributed by atoms with Gasteiger partial charge in [-0.3, -0.25) is 4.79 Å². The lowest BCUT2D eigenvalue weighted by Gasteiger charge is -2.31. The maximum Gasteiger partial charge on any atom is 0.243 e. The number of rotatable bonds is 6. The molecule has 0 fully saturated rings. The van der Waals surface area contributed by atoms with E-state index in [0.29, 0.717) is 19.5 Å². The van der Waals surface area contributed by atoms with E-state index in [4.69, 9.17) is 0 Å². The molecule has 3 rings (SSSR count). The molecular weight excluding hydrogens is 360 g/mol. The third-order valence-electron chi connectivity index (χ3n) is 4.85. The molecule has 27 heavy (non-hydrogen) atoms. The normalized spacial score (nSPS) is 14.3. The van der Waals surface area contributed by atoms with Crippen LogP contribution >= 0.6 is 0 Å². The molecule has 6 heteroatoms. The van der Waals surface area contributed by atoms with Gasteiger partial charge in [-0.2, -0.15) is 4.31 Å². The molecule has 0 bridgehead atoms. The molecular formula is C21H26N2O3S. The van der Waals surface area contributed by atoms with Crippen molar-refractivity contribution in [3.63, 3.8) is 0 Å². The fourth-order valence-corrected chi connectivity index (χ4v) is 4.90. The summed E-state index contributed by atoms with van der Waals surface area (Å²) >= 11 is 0. The monoisotopic (exact) mass is 386 g/mol. The first-order valence-corrected chi connectivity index (χ1v) is 10.8. The first-order valence-electron chi connectivity index (χ1n) is 9.38. The molecule has 0 N–H and O–H groups in total. The Morgan fingerprint density at radius 1 is 1.11 bits per heavy atom. The van der Waals surface area contributed by atoms with E-state index in [-0.39, 0.29) is 17.3 Å². The van der Waals surface area contributed by atoms with Crippen molar-refractivity contribution in [3.8, 4) is 0 Å². The van der Waals surface area contributed by atoms with Crippen LogP contribution in [-0.2, 0) is 21.2 Å². The summed E-state index contributed by atoms with van der Waals surface area (Å²) in [7, 11) is -3.71. The Morgan fingerprint density at radius 3 is 2.52 bits per heavy atom. The van der Waals surface area contributed by atoms with Gasteiger partial charge in [0.05, 0.1) is 11.4 Å². The molecule has 0 radical (unpaired) electrons. The summed E-state index contributed by atoms with van der Waals surface area (Å²) < 4.78 is 27.4. The van der Waals surface area contributed by atoms with Crippen molar-refractivity contribution in [2.24, 2.45) is 0 Å². The first-order chi connectivity index (χ1) is 12.9. The van der Waals surface area contributed by atoms with Gasteiger partial charge in [-0.25, -0.2) is 8.42 Å². The molecule has 0 aromatic heterocycles. The molecule has 0 saturated heterocycles. The summed E-state index contributed by atoms with van der Waals surface area (Å²) in [4.78, 5) is 15.0. The van der Waals surface area contributed by atoms with Gasteiger partial charge < -0.3 is 4.90 Å². The molecule has 0 aliphatic carbocycles. The largest absolute Gasteiger partial charge is 0.311 e. The van der Waals surface area contributed by atoms with E-state index in [2.05, 4.69) is 0 Å². The Balaban J connectivity index is 1.84. The zero-order valence-corrected chi connectivity index (χ0v) is 16.7. The molecule has 2 aromatic carbocycles. The Bertz CT molecular complexity index is 907. The topological polar surface area (TPSA) is 57.7 Å². The highest BCUT2D eigenvalue weighted by atomic mass is 32.2. The van der Waals surface area contributed by atoms with Gasteiger partial charge in [0, 0.05) is 18.8 Å². The predicted octanol–water partition coefficient (Wildman–Crippen LogP) is 3.38. The van der Waals surface area contributed by atoms with Gasteiger partial charge in [0.1, 0.15) is 0 Å². The quantitative estimate of drug-likeness (QED) is 0.765. The van der Waals surface area contributed by atoms with E-state index >= 15 is 0 Å². The Hall–Kier alpha value is -2.18. The standard InChI is InChI=1S/C21H26N2O3S/c1-3-14-22(27(25,26)19-12-10-17(2)11-13-19)16-21(24)23-15-6-8-18-7-4-5-9-20(18)23/h4-5,7,9-13H,3,6,8,14-16H2,1-2H3.